The Morgan fingerprint density at radius 1 is 1.12 bits per heavy atom. The largest absolute Gasteiger partial charge is 0.469 e. The van der Waals surface area contributed by atoms with Gasteiger partial charge in [-0.2, -0.15) is 0 Å². The highest BCUT2D eigenvalue weighted by Gasteiger charge is 2.35. The summed E-state index contributed by atoms with van der Waals surface area (Å²) in [5.41, 5.74) is -0.122. The van der Waals surface area contributed by atoms with E-state index in [1.807, 2.05) is 13.8 Å². The SMILES string of the molecule is CCC(CC)(CNCC(C)(C)C)C(=O)OC. The van der Waals surface area contributed by atoms with E-state index < -0.39 is 0 Å². The second kappa shape index (κ2) is 6.24. The number of hydrogen-bond donors (Lipinski definition) is 1. The van der Waals surface area contributed by atoms with E-state index in [1.54, 1.807) is 0 Å². The van der Waals surface area contributed by atoms with Gasteiger partial charge in [0, 0.05) is 13.1 Å². The minimum atomic E-state index is -0.361. The van der Waals surface area contributed by atoms with Crippen molar-refractivity contribution in [3.05, 3.63) is 0 Å². The van der Waals surface area contributed by atoms with Gasteiger partial charge in [-0.3, -0.25) is 4.79 Å². The summed E-state index contributed by atoms with van der Waals surface area (Å²) in [5, 5.41) is 3.38. The number of nitrogens with one attached hydrogen (secondary N) is 1. The molecule has 0 aromatic carbocycles. The molecule has 0 aliphatic heterocycles. The Hall–Kier alpha value is -0.570. The van der Waals surface area contributed by atoms with Gasteiger partial charge in [-0.05, 0) is 18.3 Å². The first-order valence-electron chi connectivity index (χ1n) is 6.10. The number of ether oxygens (including phenoxy) is 1. The lowest BCUT2D eigenvalue weighted by molar-refractivity contribution is -0.153. The van der Waals surface area contributed by atoms with Crippen LogP contribution in [0.1, 0.15) is 47.5 Å². The van der Waals surface area contributed by atoms with Crippen LogP contribution in [0.3, 0.4) is 0 Å². The molecule has 0 saturated carbocycles. The minimum Gasteiger partial charge on any atom is -0.469 e. The lowest BCUT2D eigenvalue weighted by atomic mass is 9.82. The van der Waals surface area contributed by atoms with Gasteiger partial charge >= 0.3 is 5.97 Å². The van der Waals surface area contributed by atoms with Crippen molar-refractivity contribution in [2.75, 3.05) is 20.2 Å². The average Bonchev–Trinajstić information content (AvgIpc) is 2.22. The number of carbonyl (C=O) groups is 1. The Bertz CT molecular complexity index is 214. The van der Waals surface area contributed by atoms with Crippen LogP contribution in [0, 0.1) is 10.8 Å². The number of carbonyl (C=O) groups excluding carboxylic acids is 1. The fourth-order valence-electron chi connectivity index (χ4n) is 1.75. The highest BCUT2D eigenvalue weighted by atomic mass is 16.5. The zero-order valence-corrected chi connectivity index (χ0v) is 11.6. The summed E-state index contributed by atoms with van der Waals surface area (Å²) in [5.74, 6) is -0.0982. The fourth-order valence-corrected chi connectivity index (χ4v) is 1.75. The molecule has 0 atom stereocenters. The van der Waals surface area contributed by atoms with Crippen LogP contribution in [-0.2, 0) is 9.53 Å². The molecule has 0 bridgehead atoms. The van der Waals surface area contributed by atoms with Crippen LogP contribution >= 0.6 is 0 Å². The molecule has 0 radical (unpaired) electrons. The normalized spacial score (nSPS) is 12.6. The van der Waals surface area contributed by atoms with Gasteiger partial charge in [0.05, 0.1) is 12.5 Å². The summed E-state index contributed by atoms with van der Waals surface area (Å²) in [6.45, 7) is 12.2. The fraction of sp³-hybridized carbons (Fsp3) is 0.923. The molecule has 1 N–H and O–H groups in total. The molecule has 0 fully saturated rings. The van der Waals surface area contributed by atoms with Crippen molar-refractivity contribution in [2.45, 2.75) is 47.5 Å². The highest BCUT2D eigenvalue weighted by molar-refractivity contribution is 5.76. The van der Waals surface area contributed by atoms with Crippen molar-refractivity contribution in [1.29, 1.82) is 0 Å². The molecular weight excluding hydrogens is 202 g/mol. The quantitative estimate of drug-likeness (QED) is 0.711. The molecular formula is C13H27NO2. The van der Waals surface area contributed by atoms with Crippen molar-refractivity contribution in [2.24, 2.45) is 10.8 Å². The van der Waals surface area contributed by atoms with Crippen LogP contribution in [0.5, 0.6) is 0 Å². The predicted molar refractivity (Wildman–Crippen MR) is 67.4 cm³/mol. The molecule has 0 spiro atoms. The van der Waals surface area contributed by atoms with Crippen LogP contribution in [0.25, 0.3) is 0 Å². The van der Waals surface area contributed by atoms with Gasteiger partial charge in [-0.25, -0.2) is 0 Å². The Balaban J connectivity index is 4.40. The van der Waals surface area contributed by atoms with E-state index >= 15 is 0 Å². The maximum absolute atomic E-state index is 11.8. The molecule has 96 valence electrons. The smallest absolute Gasteiger partial charge is 0.313 e. The topological polar surface area (TPSA) is 38.3 Å². The van der Waals surface area contributed by atoms with Crippen molar-refractivity contribution >= 4 is 5.97 Å². The van der Waals surface area contributed by atoms with Crippen LogP contribution in [0.15, 0.2) is 0 Å². The zero-order chi connectivity index (χ0) is 12.8. The standard InChI is InChI=1S/C13H27NO2/c1-7-13(8-2,11(15)16-6)10-14-9-12(3,4)5/h14H,7-10H2,1-6H3. The number of rotatable bonds is 6. The van der Waals surface area contributed by atoms with Gasteiger partial charge in [0.1, 0.15) is 0 Å². The lowest BCUT2D eigenvalue weighted by Gasteiger charge is -2.30. The molecule has 0 heterocycles. The molecule has 0 aliphatic rings. The lowest BCUT2D eigenvalue weighted by Crippen LogP contribution is -2.43. The third-order valence-corrected chi connectivity index (χ3v) is 3.09. The molecule has 0 aromatic heterocycles. The number of esters is 1. The summed E-state index contributed by atoms with van der Waals surface area (Å²) in [6.07, 6.45) is 1.63. The first-order valence-corrected chi connectivity index (χ1v) is 6.10. The third-order valence-electron chi connectivity index (χ3n) is 3.09. The summed E-state index contributed by atoms with van der Waals surface area (Å²) in [4.78, 5) is 11.8. The Morgan fingerprint density at radius 3 is 1.94 bits per heavy atom. The van der Waals surface area contributed by atoms with E-state index in [9.17, 15) is 4.79 Å². The third kappa shape index (κ3) is 4.52. The van der Waals surface area contributed by atoms with Crippen LogP contribution in [-0.4, -0.2) is 26.2 Å². The molecule has 0 saturated heterocycles. The summed E-state index contributed by atoms with van der Waals surface area (Å²) < 4.78 is 4.90. The molecule has 3 nitrogen and oxygen atoms in total. The first-order chi connectivity index (χ1) is 7.31. The van der Waals surface area contributed by atoms with E-state index in [-0.39, 0.29) is 16.8 Å². The summed E-state index contributed by atoms with van der Waals surface area (Å²) >= 11 is 0. The second-order valence-electron chi connectivity index (χ2n) is 5.64. The molecule has 0 aliphatic carbocycles. The van der Waals surface area contributed by atoms with E-state index in [1.165, 1.54) is 7.11 Å². The summed E-state index contributed by atoms with van der Waals surface area (Å²) in [6, 6.07) is 0. The number of hydrogen-bond acceptors (Lipinski definition) is 3. The van der Waals surface area contributed by atoms with Gasteiger partial charge in [0.15, 0.2) is 0 Å². The highest BCUT2D eigenvalue weighted by Crippen LogP contribution is 2.27. The maximum atomic E-state index is 11.8. The van der Waals surface area contributed by atoms with E-state index in [2.05, 4.69) is 26.1 Å². The van der Waals surface area contributed by atoms with Crippen LogP contribution in [0.4, 0.5) is 0 Å². The average molecular weight is 229 g/mol. The van der Waals surface area contributed by atoms with Crippen molar-refractivity contribution in [3.8, 4) is 0 Å². The Labute approximate surface area is 99.9 Å². The van der Waals surface area contributed by atoms with Crippen molar-refractivity contribution < 1.29 is 9.53 Å². The molecule has 3 heteroatoms. The molecule has 0 rings (SSSR count). The van der Waals surface area contributed by atoms with E-state index in [4.69, 9.17) is 4.74 Å². The summed E-state index contributed by atoms with van der Waals surface area (Å²) in [7, 11) is 1.46. The molecule has 0 amide bonds. The number of methoxy groups -OCH3 is 1. The van der Waals surface area contributed by atoms with Gasteiger partial charge in [0.25, 0.3) is 0 Å². The van der Waals surface area contributed by atoms with Gasteiger partial charge in [-0.1, -0.05) is 34.6 Å². The first kappa shape index (κ1) is 15.4. The van der Waals surface area contributed by atoms with E-state index in [0.29, 0.717) is 6.54 Å². The Kier molecular flexibility index (Phi) is 6.01. The monoisotopic (exact) mass is 229 g/mol. The van der Waals surface area contributed by atoms with Crippen molar-refractivity contribution in [1.82, 2.24) is 5.32 Å². The molecule has 0 unspecified atom stereocenters. The second-order valence-corrected chi connectivity index (χ2v) is 5.64. The molecule has 16 heavy (non-hydrogen) atoms. The predicted octanol–water partition coefficient (Wildman–Crippen LogP) is 2.60. The maximum Gasteiger partial charge on any atom is 0.313 e. The van der Waals surface area contributed by atoms with Crippen LogP contribution in [0.2, 0.25) is 0 Å². The van der Waals surface area contributed by atoms with Gasteiger partial charge < -0.3 is 10.1 Å². The van der Waals surface area contributed by atoms with Crippen molar-refractivity contribution in [3.63, 3.8) is 0 Å². The minimum absolute atomic E-state index is 0.0982. The van der Waals surface area contributed by atoms with E-state index in [0.717, 1.165) is 19.4 Å². The molecule has 0 aromatic rings. The van der Waals surface area contributed by atoms with Gasteiger partial charge in [0.2, 0.25) is 0 Å². The zero-order valence-electron chi connectivity index (χ0n) is 11.6. The van der Waals surface area contributed by atoms with Crippen LogP contribution < -0.4 is 5.32 Å². The van der Waals surface area contributed by atoms with Gasteiger partial charge in [-0.15, -0.1) is 0 Å². The Morgan fingerprint density at radius 2 is 1.62 bits per heavy atom.